The summed E-state index contributed by atoms with van der Waals surface area (Å²) < 4.78 is 0. The highest BCUT2D eigenvalue weighted by atomic mass is 32.1. The second kappa shape index (κ2) is 6.30. The van der Waals surface area contributed by atoms with Crippen LogP contribution in [0.1, 0.15) is 37.7 Å². The van der Waals surface area contributed by atoms with E-state index in [9.17, 15) is 0 Å². The molecule has 3 heteroatoms. The summed E-state index contributed by atoms with van der Waals surface area (Å²) in [6.45, 7) is 4.35. The molecular formula is C15H22N2S. The Morgan fingerprint density at radius 2 is 2.06 bits per heavy atom. The highest BCUT2D eigenvalue weighted by molar-refractivity contribution is 7.80. The van der Waals surface area contributed by atoms with Crippen LogP contribution in [0, 0.1) is 0 Å². The molecule has 0 saturated heterocycles. The second-order valence-electron chi connectivity index (χ2n) is 5.09. The SMILES string of the molecule is CCCN(CC(C(N)=S)c1ccccc1)C1CC1. The van der Waals surface area contributed by atoms with E-state index in [1.54, 1.807) is 0 Å². The summed E-state index contributed by atoms with van der Waals surface area (Å²) in [7, 11) is 0. The summed E-state index contributed by atoms with van der Waals surface area (Å²) in [5.74, 6) is 0.188. The number of hydrogen-bond acceptors (Lipinski definition) is 2. The first-order valence-corrected chi connectivity index (χ1v) is 7.21. The van der Waals surface area contributed by atoms with Gasteiger partial charge in [0.1, 0.15) is 0 Å². The number of nitrogens with two attached hydrogens (primary N) is 1. The Bertz CT molecular complexity index is 387. The molecule has 2 N–H and O–H groups in total. The minimum atomic E-state index is 0.188. The fraction of sp³-hybridized carbons (Fsp3) is 0.533. The predicted octanol–water partition coefficient (Wildman–Crippen LogP) is 2.93. The smallest absolute Gasteiger partial charge is 0.0816 e. The van der Waals surface area contributed by atoms with E-state index in [2.05, 4.69) is 36.1 Å². The Morgan fingerprint density at radius 3 is 2.56 bits per heavy atom. The van der Waals surface area contributed by atoms with Crippen molar-refractivity contribution in [2.75, 3.05) is 13.1 Å². The molecule has 1 aromatic carbocycles. The van der Waals surface area contributed by atoms with Gasteiger partial charge in [-0.15, -0.1) is 0 Å². The molecule has 0 bridgehead atoms. The van der Waals surface area contributed by atoms with Gasteiger partial charge in [0.25, 0.3) is 0 Å². The van der Waals surface area contributed by atoms with Crippen LogP contribution < -0.4 is 5.73 Å². The number of benzene rings is 1. The summed E-state index contributed by atoms with van der Waals surface area (Å²) in [6.07, 6.45) is 3.85. The standard InChI is InChI=1S/C15H22N2S/c1-2-10-17(13-8-9-13)11-14(15(16)18)12-6-4-3-5-7-12/h3-7,13-14H,2,8-11H2,1H3,(H2,16,18). The number of hydrogen-bond donors (Lipinski definition) is 1. The van der Waals surface area contributed by atoms with Crippen LogP contribution in [0.4, 0.5) is 0 Å². The van der Waals surface area contributed by atoms with Crippen LogP contribution in [0.3, 0.4) is 0 Å². The molecule has 2 rings (SSSR count). The number of rotatable bonds is 7. The lowest BCUT2D eigenvalue weighted by Crippen LogP contribution is -2.36. The van der Waals surface area contributed by atoms with Gasteiger partial charge < -0.3 is 5.73 Å². The molecule has 1 aromatic rings. The molecule has 18 heavy (non-hydrogen) atoms. The summed E-state index contributed by atoms with van der Waals surface area (Å²) in [5.41, 5.74) is 7.18. The predicted molar refractivity (Wildman–Crippen MR) is 80.9 cm³/mol. The van der Waals surface area contributed by atoms with Crippen molar-refractivity contribution in [2.45, 2.75) is 38.1 Å². The first-order chi connectivity index (χ1) is 8.72. The van der Waals surface area contributed by atoms with Gasteiger partial charge in [-0.1, -0.05) is 49.5 Å². The van der Waals surface area contributed by atoms with Gasteiger partial charge in [0.2, 0.25) is 0 Å². The van der Waals surface area contributed by atoms with Gasteiger partial charge in [-0.05, 0) is 31.4 Å². The topological polar surface area (TPSA) is 29.3 Å². The van der Waals surface area contributed by atoms with E-state index in [0.29, 0.717) is 4.99 Å². The van der Waals surface area contributed by atoms with Crippen molar-refractivity contribution in [2.24, 2.45) is 5.73 Å². The minimum Gasteiger partial charge on any atom is -0.393 e. The van der Waals surface area contributed by atoms with E-state index < -0.39 is 0 Å². The molecule has 0 radical (unpaired) electrons. The molecule has 0 aromatic heterocycles. The van der Waals surface area contributed by atoms with Crippen LogP contribution in [0.25, 0.3) is 0 Å². The van der Waals surface area contributed by atoms with E-state index >= 15 is 0 Å². The summed E-state index contributed by atoms with van der Waals surface area (Å²) >= 11 is 5.26. The van der Waals surface area contributed by atoms with E-state index in [4.69, 9.17) is 18.0 Å². The monoisotopic (exact) mass is 262 g/mol. The van der Waals surface area contributed by atoms with Crippen molar-refractivity contribution in [1.29, 1.82) is 0 Å². The lowest BCUT2D eigenvalue weighted by Gasteiger charge is -2.27. The first kappa shape index (κ1) is 13.5. The molecule has 0 heterocycles. The zero-order valence-electron chi connectivity index (χ0n) is 11.0. The molecule has 0 spiro atoms. The Hall–Kier alpha value is -0.930. The molecule has 1 atom stereocenters. The molecule has 1 fully saturated rings. The summed E-state index contributed by atoms with van der Waals surface area (Å²) in [4.78, 5) is 3.17. The largest absolute Gasteiger partial charge is 0.393 e. The Kier molecular flexibility index (Phi) is 4.72. The maximum Gasteiger partial charge on any atom is 0.0816 e. The summed E-state index contributed by atoms with van der Waals surface area (Å²) in [5, 5.41) is 0. The van der Waals surface area contributed by atoms with Gasteiger partial charge >= 0.3 is 0 Å². The molecule has 98 valence electrons. The van der Waals surface area contributed by atoms with E-state index in [1.165, 1.54) is 24.8 Å². The maximum absolute atomic E-state index is 5.94. The molecule has 0 aliphatic heterocycles. The van der Waals surface area contributed by atoms with Crippen molar-refractivity contribution in [3.05, 3.63) is 35.9 Å². The summed E-state index contributed by atoms with van der Waals surface area (Å²) in [6, 6.07) is 11.2. The van der Waals surface area contributed by atoms with E-state index in [1.807, 2.05) is 6.07 Å². The number of nitrogens with zero attached hydrogens (tertiary/aromatic N) is 1. The third kappa shape index (κ3) is 3.53. The van der Waals surface area contributed by atoms with Gasteiger partial charge in [0.15, 0.2) is 0 Å². The lowest BCUT2D eigenvalue weighted by atomic mass is 9.98. The highest BCUT2D eigenvalue weighted by Crippen LogP contribution is 2.29. The third-order valence-corrected chi connectivity index (χ3v) is 3.82. The van der Waals surface area contributed by atoms with Crippen molar-refractivity contribution in [3.63, 3.8) is 0 Å². The fourth-order valence-corrected chi connectivity index (χ4v) is 2.64. The molecule has 1 unspecified atom stereocenters. The van der Waals surface area contributed by atoms with Crippen molar-refractivity contribution >= 4 is 17.2 Å². The maximum atomic E-state index is 5.94. The Labute approximate surface area is 115 Å². The van der Waals surface area contributed by atoms with Gasteiger partial charge in [-0.2, -0.15) is 0 Å². The van der Waals surface area contributed by atoms with Crippen LogP contribution in [0.5, 0.6) is 0 Å². The van der Waals surface area contributed by atoms with Gasteiger partial charge in [0, 0.05) is 18.5 Å². The van der Waals surface area contributed by atoms with Gasteiger partial charge in [0.05, 0.1) is 4.99 Å². The minimum absolute atomic E-state index is 0.188. The van der Waals surface area contributed by atoms with Crippen molar-refractivity contribution in [1.82, 2.24) is 4.90 Å². The highest BCUT2D eigenvalue weighted by Gasteiger charge is 2.30. The normalized spacial score (nSPS) is 16.8. The van der Waals surface area contributed by atoms with Crippen LogP contribution >= 0.6 is 12.2 Å². The van der Waals surface area contributed by atoms with Crippen molar-refractivity contribution < 1.29 is 0 Å². The van der Waals surface area contributed by atoms with Crippen LogP contribution in [-0.4, -0.2) is 29.0 Å². The zero-order chi connectivity index (χ0) is 13.0. The number of thiocarbonyl (C=S) groups is 1. The average molecular weight is 262 g/mol. The van der Waals surface area contributed by atoms with Crippen LogP contribution in [-0.2, 0) is 0 Å². The van der Waals surface area contributed by atoms with Crippen LogP contribution in [0.15, 0.2) is 30.3 Å². The first-order valence-electron chi connectivity index (χ1n) is 6.80. The third-order valence-electron chi connectivity index (χ3n) is 3.54. The van der Waals surface area contributed by atoms with Crippen molar-refractivity contribution in [3.8, 4) is 0 Å². The van der Waals surface area contributed by atoms with E-state index in [-0.39, 0.29) is 5.92 Å². The molecule has 2 nitrogen and oxygen atoms in total. The zero-order valence-corrected chi connectivity index (χ0v) is 11.8. The fourth-order valence-electron chi connectivity index (χ4n) is 2.43. The molecule has 1 aliphatic rings. The second-order valence-corrected chi connectivity index (χ2v) is 5.56. The van der Waals surface area contributed by atoms with E-state index in [0.717, 1.165) is 19.1 Å². The lowest BCUT2D eigenvalue weighted by molar-refractivity contribution is 0.261. The van der Waals surface area contributed by atoms with Crippen LogP contribution in [0.2, 0.25) is 0 Å². The van der Waals surface area contributed by atoms with Gasteiger partial charge in [-0.25, -0.2) is 0 Å². The Balaban J connectivity index is 2.08. The quantitative estimate of drug-likeness (QED) is 0.766. The molecule has 0 amide bonds. The van der Waals surface area contributed by atoms with Gasteiger partial charge in [-0.3, -0.25) is 4.90 Å². The molecule has 1 saturated carbocycles. The molecular weight excluding hydrogens is 240 g/mol. The molecule has 1 aliphatic carbocycles. The Morgan fingerprint density at radius 1 is 1.39 bits per heavy atom. The average Bonchev–Trinajstić information content (AvgIpc) is 3.19.